The van der Waals surface area contributed by atoms with Crippen LogP contribution in [0, 0.1) is 6.92 Å². The molecule has 1 saturated heterocycles. The minimum absolute atomic E-state index is 0.243. The molecule has 0 amide bonds. The van der Waals surface area contributed by atoms with Crippen molar-refractivity contribution in [1.29, 1.82) is 0 Å². The SMILES string of the molecule is Cc1nc(N[C@@H]2CCCN(C)C2)nnc1-c1ccc2sccc2c1O. The molecular formula is C18H21N5OS. The highest BCUT2D eigenvalue weighted by molar-refractivity contribution is 7.17. The summed E-state index contributed by atoms with van der Waals surface area (Å²) in [5, 5.41) is 25.3. The van der Waals surface area contributed by atoms with E-state index in [1.165, 1.54) is 6.42 Å². The van der Waals surface area contributed by atoms with Crippen LogP contribution in [0.25, 0.3) is 21.3 Å². The second-order valence-corrected chi connectivity index (χ2v) is 7.56. The van der Waals surface area contributed by atoms with E-state index in [0.717, 1.165) is 35.3 Å². The molecule has 130 valence electrons. The monoisotopic (exact) mass is 355 g/mol. The minimum atomic E-state index is 0.243. The Morgan fingerprint density at radius 3 is 2.96 bits per heavy atom. The molecular weight excluding hydrogens is 334 g/mol. The van der Waals surface area contributed by atoms with E-state index in [1.54, 1.807) is 11.3 Å². The van der Waals surface area contributed by atoms with Gasteiger partial charge in [-0.25, -0.2) is 4.98 Å². The predicted molar refractivity (Wildman–Crippen MR) is 101 cm³/mol. The van der Waals surface area contributed by atoms with E-state index in [1.807, 2.05) is 30.5 Å². The van der Waals surface area contributed by atoms with Gasteiger partial charge in [0.2, 0.25) is 5.95 Å². The summed E-state index contributed by atoms with van der Waals surface area (Å²) in [7, 11) is 2.13. The van der Waals surface area contributed by atoms with Crippen molar-refractivity contribution in [2.45, 2.75) is 25.8 Å². The lowest BCUT2D eigenvalue weighted by Crippen LogP contribution is -2.40. The zero-order chi connectivity index (χ0) is 17.4. The van der Waals surface area contributed by atoms with Crippen LogP contribution >= 0.6 is 11.3 Å². The van der Waals surface area contributed by atoms with Gasteiger partial charge in [-0.3, -0.25) is 0 Å². The van der Waals surface area contributed by atoms with E-state index < -0.39 is 0 Å². The molecule has 3 aromatic rings. The summed E-state index contributed by atoms with van der Waals surface area (Å²) in [6.07, 6.45) is 2.29. The third-order valence-electron chi connectivity index (χ3n) is 4.68. The summed E-state index contributed by atoms with van der Waals surface area (Å²) < 4.78 is 1.06. The van der Waals surface area contributed by atoms with Crippen molar-refractivity contribution < 1.29 is 5.11 Å². The van der Waals surface area contributed by atoms with Crippen molar-refractivity contribution in [2.24, 2.45) is 0 Å². The van der Waals surface area contributed by atoms with Gasteiger partial charge in [-0.15, -0.1) is 21.5 Å². The van der Waals surface area contributed by atoms with Crippen molar-refractivity contribution in [3.05, 3.63) is 29.3 Å². The number of phenolic OH excluding ortho intramolecular Hbond substituents is 1. The highest BCUT2D eigenvalue weighted by Crippen LogP contribution is 2.37. The van der Waals surface area contributed by atoms with Gasteiger partial charge < -0.3 is 15.3 Å². The lowest BCUT2D eigenvalue weighted by atomic mass is 10.1. The Kier molecular flexibility index (Phi) is 4.27. The first-order valence-electron chi connectivity index (χ1n) is 8.48. The molecule has 0 radical (unpaired) electrons. The first-order valence-corrected chi connectivity index (χ1v) is 9.36. The van der Waals surface area contributed by atoms with Crippen LogP contribution in [0.5, 0.6) is 5.75 Å². The molecule has 0 unspecified atom stereocenters. The van der Waals surface area contributed by atoms with Gasteiger partial charge in [0, 0.05) is 28.2 Å². The third-order valence-corrected chi connectivity index (χ3v) is 5.56. The van der Waals surface area contributed by atoms with E-state index in [0.29, 0.717) is 23.2 Å². The molecule has 1 aliphatic rings. The first-order chi connectivity index (χ1) is 12.1. The van der Waals surface area contributed by atoms with Gasteiger partial charge in [0.1, 0.15) is 11.4 Å². The fraction of sp³-hybridized carbons (Fsp3) is 0.389. The number of nitrogens with zero attached hydrogens (tertiary/aromatic N) is 4. The van der Waals surface area contributed by atoms with Crippen molar-refractivity contribution in [1.82, 2.24) is 20.1 Å². The molecule has 0 bridgehead atoms. The maximum atomic E-state index is 10.6. The normalized spacial score (nSPS) is 18.6. The number of piperidine rings is 1. The fourth-order valence-corrected chi connectivity index (χ4v) is 4.19. The maximum absolute atomic E-state index is 10.6. The second-order valence-electron chi connectivity index (χ2n) is 6.61. The number of anilines is 1. The standard InChI is InChI=1S/C18H21N5OS/c1-11-16(14-5-6-15-13(17(14)24)7-9-25-15)21-22-18(19-11)20-12-4-3-8-23(2)10-12/h5-7,9,12,24H,3-4,8,10H2,1-2H3,(H,19,20,22)/t12-/m1/s1. The van der Waals surface area contributed by atoms with Gasteiger partial charge in [-0.2, -0.15) is 0 Å². The van der Waals surface area contributed by atoms with Crippen LogP contribution in [0.4, 0.5) is 5.95 Å². The molecule has 1 fully saturated rings. The fourth-order valence-electron chi connectivity index (χ4n) is 3.40. The number of aromatic hydroxyl groups is 1. The number of aromatic nitrogens is 3. The summed E-state index contributed by atoms with van der Waals surface area (Å²) in [5.74, 6) is 0.796. The van der Waals surface area contributed by atoms with Crippen LogP contribution in [0.15, 0.2) is 23.6 Å². The van der Waals surface area contributed by atoms with Gasteiger partial charge in [0.05, 0.1) is 5.69 Å². The summed E-state index contributed by atoms with van der Waals surface area (Å²) in [6.45, 7) is 4.03. The number of aryl methyl sites for hydroxylation is 1. The molecule has 0 saturated carbocycles. The summed E-state index contributed by atoms with van der Waals surface area (Å²) in [4.78, 5) is 6.88. The lowest BCUT2D eigenvalue weighted by molar-refractivity contribution is 0.260. The Labute approximate surface area is 150 Å². The van der Waals surface area contributed by atoms with Gasteiger partial charge in [0.25, 0.3) is 0 Å². The quantitative estimate of drug-likeness (QED) is 0.751. The van der Waals surface area contributed by atoms with Crippen molar-refractivity contribution in [2.75, 3.05) is 25.5 Å². The van der Waals surface area contributed by atoms with Crippen LogP contribution in [-0.2, 0) is 0 Å². The average molecular weight is 355 g/mol. The number of thiophene rings is 1. The Morgan fingerprint density at radius 1 is 1.28 bits per heavy atom. The second kappa shape index (κ2) is 6.57. The average Bonchev–Trinajstić information content (AvgIpc) is 3.06. The number of rotatable bonds is 3. The number of nitrogens with one attached hydrogen (secondary N) is 1. The van der Waals surface area contributed by atoms with Crippen LogP contribution in [-0.4, -0.2) is 51.4 Å². The smallest absolute Gasteiger partial charge is 0.243 e. The Morgan fingerprint density at radius 2 is 2.16 bits per heavy atom. The van der Waals surface area contributed by atoms with E-state index in [9.17, 15) is 5.11 Å². The van der Waals surface area contributed by atoms with Crippen LogP contribution in [0.2, 0.25) is 0 Å². The van der Waals surface area contributed by atoms with Gasteiger partial charge in [0.15, 0.2) is 0 Å². The topological polar surface area (TPSA) is 74.2 Å². The molecule has 1 atom stereocenters. The number of hydrogen-bond donors (Lipinski definition) is 2. The van der Waals surface area contributed by atoms with E-state index in [2.05, 4.69) is 32.4 Å². The Hall–Kier alpha value is -2.25. The molecule has 25 heavy (non-hydrogen) atoms. The number of hydrogen-bond acceptors (Lipinski definition) is 7. The number of phenols is 1. The summed E-state index contributed by atoms with van der Waals surface area (Å²) in [5.41, 5.74) is 2.05. The predicted octanol–water partition coefficient (Wildman–Crippen LogP) is 3.27. The lowest BCUT2D eigenvalue weighted by Gasteiger charge is -2.30. The Balaban J connectivity index is 1.61. The molecule has 1 aliphatic heterocycles. The molecule has 3 heterocycles. The first kappa shape index (κ1) is 16.2. The van der Waals surface area contributed by atoms with E-state index >= 15 is 0 Å². The van der Waals surface area contributed by atoms with Gasteiger partial charge in [-0.1, -0.05) is 0 Å². The molecule has 1 aromatic carbocycles. The number of likely N-dealkylation sites (N-methyl/N-ethyl adjacent to an activating group) is 1. The molecule has 7 heteroatoms. The number of benzene rings is 1. The molecule has 6 nitrogen and oxygen atoms in total. The van der Waals surface area contributed by atoms with E-state index in [4.69, 9.17) is 0 Å². The third kappa shape index (κ3) is 3.17. The molecule has 4 rings (SSSR count). The highest BCUT2D eigenvalue weighted by Gasteiger charge is 2.19. The number of fused-ring (bicyclic) bond motifs is 1. The highest BCUT2D eigenvalue weighted by atomic mass is 32.1. The molecule has 2 aromatic heterocycles. The number of likely N-dealkylation sites (tertiary alicyclic amines) is 1. The van der Waals surface area contributed by atoms with Gasteiger partial charge in [-0.05, 0) is 56.9 Å². The minimum Gasteiger partial charge on any atom is -0.507 e. The van der Waals surface area contributed by atoms with Crippen LogP contribution < -0.4 is 5.32 Å². The molecule has 0 spiro atoms. The molecule has 2 N–H and O–H groups in total. The van der Waals surface area contributed by atoms with E-state index in [-0.39, 0.29) is 5.75 Å². The maximum Gasteiger partial charge on any atom is 0.243 e. The van der Waals surface area contributed by atoms with Crippen molar-refractivity contribution in [3.8, 4) is 17.0 Å². The molecule has 0 aliphatic carbocycles. The van der Waals surface area contributed by atoms with Gasteiger partial charge >= 0.3 is 0 Å². The summed E-state index contributed by atoms with van der Waals surface area (Å²) >= 11 is 1.61. The van der Waals surface area contributed by atoms with Crippen molar-refractivity contribution in [3.63, 3.8) is 0 Å². The zero-order valence-electron chi connectivity index (χ0n) is 14.4. The van der Waals surface area contributed by atoms with Crippen LogP contribution in [0.3, 0.4) is 0 Å². The summed E-state index contributed by atoms with van der Waals surface area (Å²) in [6, 6.07) is 6.15. The van der Waals surface area contributed by atoms with Crippen molar-refractivity contribution >= 4 is 27.4 Å². The largest absolute Gasteiger partial charge is 0.507 e. The Bertz CT molecular complexity index is 910. The van der Waals surface area contributed by atoms with Crippen LogP contribution in [0.1, 0.15) is 18.5 Å². The zero-order valence-corrected chi connectivity index (χ0v) is 15.2.